The Hall–Kier alpha value is -1.52. The van der Waals surface area contributed by atoms with Crippen molar-refractivity contribution in [1.82, 2.24) is 0 Å². The number of benzene rings is 1. The standard InChI is InChI=1S/C20H32O3Si/c1-8-18(23-24(6,7)20(2,3)4)10-9-15-22-16-17-11-13-19(21-5)14-12-17/h8,10-14H,1,9,15-16H2,2-7H3/b18-10+. The number of rotatable bonds is 9. The van der Waals surface area contributed by atoms with Gasteiger partial charge in [-0.15, -0.1) is 0 Å². The molecule has 1 aromatic rings. The van der Waals surface area contributed by atoms with E-state index in [0.717, 1.165) is 23.5 Å². The second-order valence-electron chi connectivity index (χ2n) is 7.36. The van der Waals surface area contributed by atoms with Crippen LogP contribution >= 0.6 is 0 Å². The fraction of sp³-hybridized carbons (Fsp3) is 0.500. The Morgan fingerprint density at radius 3 is 2.29 bits per heavy atom. The van der Waals surface area contributed by atoms with Gasteiger partial charge >= 0.3 is 0 Å². The van der Waals surface area contributed by atoms with E-state index in [4.69, 9.17) is 13.9 Å². The second kappa shape index (κ2) is 9.09. The summed E-state index contributed by atoms with van der Waals surface area (Å²) in [5, 5.41) is 0.181. The monoisotopic (exact) mass is 348 g/mol. The molecular weight excluding hydrogens is 316 g/mol. The maximum Gasteiger partial charge on any atom is 0.250 e. The van der Waals surface area contributed by atoms with E-state index in [1.54, 1.807) is 13.2 Å². The molecule has 0 unspecified atom stereocenters. The van der Waals surface area contributed by atoms with Gasteiger partial charge in [-0.05, 0) is 54.4 Å². The van der Waals surface area contributed by atoms with Crippen molar-refractivity contribution in [3.8, 4) is 5.75 Å². The van der Waals surface area contributed by atoms with E-state index in [1.165, 1.54) is 0 Å². The molecule has 0 aliphatic rings. The van der Waals surface area contributed by atoms with Gasteiger partial charge in [0, 0.05) is 0 Å². The van der Waals surface area contributed by atoms with Gasteiger partial charge in [0.05, 0.1) is 26.1 Å². The molecule has 0 aromatic heterocycles. The molecule has 1 rings (SSSR count). The smallest absolute Gasteiger partial charge is 0.250 e. The summed E-state index contributed by atoms with van der Waals surface area (Å²) in [7, 11) is -0.144. The lowest BCUT2D eigenvalue weighted by Gasteiger charge is -2.36. The Labute approximate surface area is 148 Å². The minimum Gasteiger partial charge on any atom is -0.544 e. The van der Waals surface area contributed by atoms with E-state index in [9.17, 15) is 0 Å². The van der Waals surface area contributed by atoms with Crippen molar-refractivity contribution in [3.63, 3.8) is 0 Å². The van der Waals surface area contributed by atoms with Crippen molar-refractivity contribution in [1.29, 1.82) is 0 Å². The zero-order valence-electron chi connectivity index (χ0n) is 16.0. The van der Waals surface area contributed by atoms with Crippen molar-refractivity contribution >= 4 is 8.32 Å². The van der Waals surface area contributed by atoms with Gasteiger partial charge in [0.15, 0.2) is 0 Å². The summed E-state index contributed by atoms with van der Waals surface area (Å²) >= 11 is 0. The Balaban J connectivity index is 2.42. The Kier molecular flexibility index (Phi) is 7.77. The molecule has 1 aromatic carbocycles. The van der Waals surface area contributed by atoms with E-state index in [2.05, 4.69) is 46.5 Å². The summed E-state index contributed by atoms with van der Waals surface area (Å²) in [6, 6.07) is 7.93. The number of ether oxygens (including phenoxy) is 2. The van der Waals surface area contributed by atoms with Crippen LogP contribution in [0.4, 0.5) is 0 Å². The number of allylic oxidation sites excluding steroid dienone is 1. The van der Waals surface area contributed by atoms with Crippen LogP contribution in [0.25, 0.3) is 0 Å². The minimum atomic E-state index is -1.81. The molecule has 0 atom stereocenters. The van der Waals surface area contributed by atoms with Gasteiger partial charge in [-0.2, -0.15) is 0 Å². The van der Waals surface area contributed by atoms with Crippen LogP contribution in [-0.2, 0) is 15.8 Å². The first-order valence-electron chi connectivity index (χ1n) is 8.42. The maximum atomic E-state index is 6.25. The largest absolute Gasteiger partial charge is 0.544 e. The Bertz CT molecular complexity index is 539. The molecule has 3 nitrogen and oxygen atoms in total. The molecule has 4 heteroatoms. The van der Waals surface area contributed by atoms with Gasteiger partial charge in [-0.1, -0.05) is 39.5 Å². The molecule has 0 fully saturated rings. The summed E-state index contributed by atoms with van der Waals surface area (Å²) in [6.07, 6.45) is 4.68. The average Bonchev–Trinajstić information content (AvgIpc) is 2.52. The third-order valence-corrected chi connectivity index (χ3v) is 8.77. The zero-order valence-corrected chi connectivity index (χ0v) is 17.0. The fourth-order valence-electron chi connectivity index (χ4n) is 1.81. The molecule has 134 valence electrons. The van der Waals surface area contributed by atoms with Gasteiger partial charge in [-0.25, -0.2) is 0 Å². The summed E-state index contributed by atoms with van der Waals surface area (Å²) in [5.41, 5.74) is 1.14. The van der Waals surface area contributed by atoms with Crippen LogP contribution < -0.4 is 4.74 Å². The molecule has 0 heterocycles. The normalized spacial score (nSPS) is 12.8. The van der Waals surface area contributed by atoms with Gasteiger partial charge < -0.3 is 13.9 Å². The summed E-state index contributed by atoms with van der Waals surface area (Å²) in [5.74, 6) is 1.73. The first kappa shape index (κ1) is 20.5. The molecule has 0 saturated carbocycles. The SMILES string of the molecule is C=C/C(=C\CCOCc1ccc(OC)cc1)O[Si](C)(C)C(C)(C)C. The highest BCUT2D eigenvalue weighted by Crippen LogP contribution is 2.38. The molecule has 0 amide bonds. The molecule has 0 aliphatic heterocycles. The predicted molar refractivity (Wildman–Crippen MR) is 104 cm³/mol. The van der Waals surface area contributed by atoms with Crippen LogP contribution in [0.3, 0.4) is 0 Å². The van der Waals surface area contributed by atoms with E-state index in [-0.39, 0.29) is 5.04 Å². The van der Waals surface area contributed by atoms with Gasteiger partial charge in [0.1, 0.15) is 5.75 Å². The Morgan fingerprint density at radius 2 is 1.79 bits per heavy atom. The van der Waals surface area contributed by atoms with E-state index >= 15 is 0 Å². The van der Waals surface area contributed by atoms with Gasteiger partial charge in [0.2, 0.25) is 8.32 Å². The highest BCUT2D eigenvalue weighted by atomic mass is 28.4. The lowest BCUT2D eigenvalue weighted by atomic mass is 10.2. The number of hydrogen-bond acceptors (Lipinski definition) is 3. The molecule has 0 radical (unpaired) electrons. The molecule has 0 saturated heterocycles. The van der Waals surface area contributed by atoms with Crippen LogP contribution in [0, 0.1) is 0 Å². The van der Waals surface area contributed by atoms with E-state index in [1.807, 2.05) is 24.3 Å². The molecule has 0 aliphatic carbocycles. The highest BCUT2D eigenvalue weighted by Gasteiger charge is 2.39. The highest BCUT2D eigenvalue weighted by molar-refractivity contribution is 6.74. The fourth-order valence-corrected chi connectivity index (χ4v) is 2.87. The van der Waals surface area contributed by atoms with Crippen molar-refractivity contribution in [2.45, 2.75) is 51.9 Å². The Morgan fingerprint density at radius 1 is 1.17 bits per heavy atom. The van der Waals surface area contributed by atoms with Crippen LogP contribution in [0.15, 0.2) is 48.8 Å². The van der Waals surface area contributed by atoms with Crippen molar-refractivity contribution in [2.75, 3.05) is 13.7 Å². The molecule has 0 spiro atoms. The minimum absolute atomic E-state index is 0.181. The van der Waals surface area contributed by atoms with Crippen molar-refractivity contribution in [3.05, 3.63) is 54.3 Å². The van der Waals surface area contributed by atoms with Crippen LogP contribution in [0.5, 0.6) is 5.75 Å². The van der Waals surface area contributed by atoms with Gasteiger partial charge in [0.25, 0.3) is 0 Å². The van der Waals surface area contributed by atoms with E-state index < -0.39 is 8.32 Å². The quantitative estimate of drug-likeness (QED) is 0.248. The molecule has 0 bridgehead atoms. The maximum absolute atomic E-state index is 6.25. The molecular formula is C20H32O3Si. The van der Waals surface area contributed by atoms with E-state index in [0.29, 0.717) is 13.2 Å². The van der Waals surface area contributed by atoms with Crippen molar-refractivity contribution < 1.29 is 13.9 Å². The first-order chi connectivity index (χ1) is 11.2. The van der Waals surface area contributed by atoms with Gasteiger partial charge in [-0.3, -0.25) is 0 Å². The topological polar surface area (TPSA) is 27.7 Å². The lowest BCUT2D eigenvalue weighted by Crippen LogP contribution is -2.40. The number of hydrogen-bond donors (Lipinski definition) is 0. The summed E-state index contributed by atoms with van der Waals surface area (Å²) in [6.45, 7) is 16.3. The second-order valence-corrected chi connectivity index (χ2v) is 12.1. The van der Waals surface area contributed by atoms with Crippen LogP contribution in [0.2, 0.25) is 18.1 Å². The van der Waals surface area contributed by atoms with Crippen molar-refractivity contribution in [2.24, 2.45) is 0 Å². The first-order valence-corrected chi connectivity index (χ1v) is 11.3. The summed E-state index contributed by atoms with van der Waals surface area (Å²) in [4.78, 5) is 0. The lowest BCUT2D eigenvalue weighted by molar-refractivity contribution is 0.125. The third-order valence-electron chi connectivity index (χ3n) is 4.42. The average molecular weight is 349 g/mol. The number of methoxy groups -OCH3 is 1. The van der Waals surface area contributed by atoms with Crippen LogP contribution in [-0.4, -0.2) is 22.0 Å². The third kappa shape index (κ3) is 6.54. The van der Waals surface area contributed by atoms with Crippen LogP contribution in [0.1, 0.15) is 32.8 Å². The molecule has 24 heavy (non-hydrogen) atoms. The zero-order chi connectivity index (χ0) is 18.2. The molecule has 0 N–H and O–H groups in total. The predicted octanol–water partition coefficient (Wildman–Crippen LogP) is 5.69. The summed E-state index contributed by atoms with van der Waals surface area (Å²) < 4.78 is 17.1.